The summed E-state index contributed by atoms with van der Waals surface area (Å²) in [5.41, 5.74) is 0.749. The number of thioether (sulfide) groups is 1. The summed E-state index contributed by atoms with van der Waals surface area (Å²) < 4.78 is 4.79. The molecule has 2 amide bonds. The van der Waals surface area contributed by atoms with Crippen LogP contribution in [0.15, 0.2) is 55.6 Å². The number of aliphatic hydroxyl groups excluding tert-OH is 1. The number of likely N-dealkylation sites (tertiary alicyclic amines) is 1. The molecule has 1 aromatic carbocycles. The lowest BCUT2D eigenvalue weighted by molar-refractivity contribution is -0.154. The van der Waals surface area contributed by atoms with Crippen molar-refractivity contribution in [3.05, 3.63) is 61.2 Å². The number of nitrogens with zero attached hydrogens (tertiary/aromatic N) is 2. The monoisotopic (exact) mass is 618 g/mol. The Hall–Kier alpha value is -2.10. The average Bonchev–Trinajstić information content (AvgIpc) is 3.52. The van der Waals surface area contributed by atoms with Crippen LogP contribution in [-0.2, 0) is 19.1 Å². The first-order valence-corrected chi connectivity index (χ1v) is 15.6. The van der Waals surface area contributed by atoms with Gasteiger partial charge in [-0.1, -0.05) is 71.8 Å². The van der Waals surface area contributed by atoms with E-state index in [1.807, 2.05) is 42.2 Å². The van der Waals surface area contributed by atoms with E-state index in [4.69, 9.17) is 4.74 Å². The van der Waals surface area contributed by atoms with E-state index in [-0.39, 0.29) is 41.1 Å². The number of aliphatic hydroxyl groups is 1. The van der Waals surface area contributed by atoms with Gasteiger partial charge in [-0.05, 0) is 31.7 Å². The molecule has 0 radical (unpaired) electrons. The molecule has 0 saturated carbocycles. The zero-order valence-corrected chi connectivity index (χ0v) is 25.1. The van der Waals surface area contributed by atoms with Crippen LogP contribution in [-0.4, -0.2) is 79.4 Å². The molecule has 8 atom stereocenters. The predicted molar refractivity (Wildman–Crippen MR) is 157 cm³/mol. The van der Waals surface area contributed by atoms with E-state index in [0.717, 1.165) is 18.4 Å². The van der Waals surface area contributed by atoms with Crippen molar-refractivity contribution in [1.29, 1.82) is 0 Å². The summed E-state index contributed by atoms with van der Waals surface area (Å²) >= 11 is 5.36. The number of rotatable bonds is 13. The van der Waals surface area contributed by atoms with Gasteiger partial charge in [0, 0.05) is 22.7 Å². The first-order chi connectivity index (χ1) is 18.8. The number of fused-ring (bicyclic) bond motifs is 1. The van der Waals surface area contributed by atoms with Gasteiger partial charge < -0.3 is 19.6 Å². The van der Waals surface area contributed by atoms with Crippen LogP contribution in [0.25, 0.3) is 0 Å². The van der Waals surface area contributed by atoms with Crippen LogP contribution in [0.3, 0.4) is 0 Å². The molecular formula is C30H39BrN2O5S. The summed E-state index contributed by atoms with van der Waals surface area (Å²) in [6.07, 6.45) is 6.22. The molecule has 4 rings (SSSR count). The van der Waals surface area contributed by atoms with Crippen LogP contribution in [0, 0.1) is 11.8 Å². The third-order valence-corrected chi connectivity index (χ3v) is 11.6. The molecule has 9 heteroatoms. The van der Waals surface area contributed by atoms with Crippen LogP contribution in [0.5, 0.6) is 0 Å². The smallest absolute Gasteiger partial charge is 0.310 e. The number of hydrogen-bond donors (Lipinski definition) is 1. The molecule has 1 spiro atoms. The van der Waals surface area contributed by atoms with Gasteiger partial charge in [-0.2, -0.15) is 0 Å². The van der Waals surface area contributed by atoms with E-state index in [9.17, 15) is 19.5 Å². The fourth-order valence-electron chi connectivity index (χ4n) is 6.68. The molecule has 3 aliphatic rings. The largest absolute Gasteiger partial charge is 0.465 e. The molecule has 212 valence electrons. The number of carbonyl (C=O) groups is 3. The Kier molecular flexibility index (Phi) is 9.65. The number of halogens is 1. The molecule has 7 nitrogen and oxygen atoms in total. The summed E-state index contributed by atoms with van der Waals surface area (Å²) in [6.45, 7) is 11.9. The van der Waals surface area contributed by atoms with Crippen LogP contribution in [0.1, 0.15) is 51.1 Å². The van der Waals surface area contributed by atoms with E-state index >= 15 is 0 Å². The SMILES string of the molecule is C=CCCOC(=O)[C@H]1[C@@H]2SC3(CC2Br)C(C(=O)N(CC=C)C(C)CCC)N([C@H](CO)c2ccccc2)C(=O)[C@H]13. The molecular weight excluding hydrogens is 580 g/mol. The van der Waals surface area contributed by atoms with E-state index < -0.39 is 34.6 Å². The van der Waals surface area contributed by atoms with Gasteiger partial charge in [0.25, 0.3) is 0 Å². The molecule has 0 aromatic heterocycles. The number of carbonyl (C=O) groups excluding carboxylic acids is 3. The number of alkyl halides is 1. The van der Waals surface area contributed by atoms with E-state index in [1.165, 1.54) is 0 Å². The van der Waals surface area contributed by atoms with Gasteiger partial charge in [-0.15, -0.1) is 24.9 Å². The average molecular weight is 620 g/mol. The molecule has 3 saturated heterocycles. The Morgan fingerprint density at radius 2 is 2.03 bits per heavy atom. The number of hydrogen-bond acceptors (Lipinski definition) is 6. The predicted octanol–water partition coefficient (Wildman–Crippen LogP) is 4.51. The minimum absolute atomic E-state index is 0.0519. The van der Waals surface area contributed by atoms with Gasteiger partial charge in [0.15, 0.2) is 0 Å². The van der Waals surface area contributed by atoms with E-state index in [0.29, 0.717) is 19.4 Å². The van der Waals surface area contributed by atoms with Gasteiger partial charge in [0.05, 0.1) is 35.8 Å². The fraction of sp³-hybridized carbons (Fsp3) is 0.567. The minimum atomic E-state index is -0.840. The van der Waals surface area contributed by atoms with Gasteiger partial charge in [-0.25, -0.2) is 0 Å². The fourth-order valence-corrected chi connectivity index (χ4v) is 10.3. The highest BCUT2D eigenvalue weighted by Gasteiger charge is 2.76. The lowest BCUT2D eigenvalue weighted by Crippen LogP contribution is -2.57. The van der Waals surface area contributed by atoms with Crippen LogP contribution >= 0.6 is 27.7 Å². The molecule has 3 fully saturated rings. The molecule has 2 bridgehead atoms. The molecule has 4 unspecified atom stereocenters. The molecule has 3 aliphatic heterocycles. The van der Waals surface area contributed by atoms with Crippen molar-refractivity contribution in [3.8, 4) is 0 Å². The second-order valence-electron chi connectivity index (χ2n) is 10.7. The molecule has 0 aliphatic carbocycles. The number of amides is 2. The summed E-state index contributed by atoms with van der Waals surface area (Å²) in [7, 11) is 0. The third-order valence-electron chi connectivity index (χ3n) is 8.34. The number of benzene rings is 1. The summed E-state index contributed by atoms with van der Waals surface area (Å²) in [5, 5.41) is 10.5. The number of ether oxygens (including phenoxy) is 1. The molecule has 1 aromatic rings. The van der Waals surface area contributed by atoms with Crippen molar-refractivity contribution in [2.45, 2.75) is 72.5 Å². The van der Waals surface area contributed by atoms with Crippen molar-refractivity contribution in [2.75, 3.05) is 19.8 Å². The zero-order chi connectivity index (χ0) is 28.3. The maximum absolute atomic E-state index is 14.6. The quantitative estimate of drug-likeness (QED) is 0.151. The highest BCUT2D eigenvalue weighted by Crippen LogP contribution is 2.68. The Morgan fingerprint density at radius 3 is 2.64 bits per heavy atom. The second-order valence-corrected chi connectivity index (χ2v) is 13.4. The molecule has 1 N–H and O–H groups in total. The summed E-state index contributed by atoms with van der Waals surface area (Å²) in [6, 6.07) is 7.70. The highest BCUT2D eigenvalue weighted by atomic mass is 79.9. The first-order valence-electron chi connectivity index (χ1n) is 13.8. The Morgan fingerprint density at radius 1 is 1.31 bits per heavy atom. The van der Waals surface area contributed by atoms with Crippen molar-refractivity contribution in [2.24, 2.45) is 11.8 Å². The van der Waals surface area contributed by atoms with Crippen molar-refractivity contribution < 1.29 is 24.2 Å². The topological polar surface area (TPSA) is 87.2 Å². The maximum atomic E-state index is 14.6. The van der Waals surface area contributed by atoms with Crippen molar-refractivity contribution in [3.63, 3.8) is 0 Å². The maximum Gasteiger partial charge on any atom is 0.310 e. The lowest BCUT2D eigenvalue weighted by atomic mass is 9.71. The van der Waals surface area contributed by atoms with Gasteiger partial charge in [0.2, 0.25) is 11.8 Å². The normalized spacial score (nSPS) is 30.5. The zero-order valence-electron chi connectivity index (χ0n) is 22.7. The van der Waals surface area contributed by atoms with Crippen LogP contribution in [0.2, 0.25) is 0 Å². The van der Waals surface area contributed by atoms with E-state index in [2.05, 4.69) is 36.0 Å². The lowest BCUT2D eigenvalue weighted by Gasteiger charge is -2.41. The standard InChI is InChI=1S/C30H39BrN2O5S/c1-5-8-16-38-29(37)23-24-27(35)33(22(18-34)20-13-10-9-11-14-20)26(30(24)17-21(31)25(23)39-30)28(36)32(15-7-3)19(4)12-6-2/h5,7,9-11,13-14,19,21-26,34H,1,3,6,8,12,15-18H2,2,4H3/t19?,21?,22-,23-,24+,25-,26?,30?/m1/s1. The second kappa shape index (κ2) is 12.6. The van der Waals surface area contributed by atoms with Crippen molar-refractivity contribution >= 4 is 45.5 Å². The van der Waals surface area contributed by atoms with Crippen molar-refractivity contribution in [1.82, 2.24) is 9.80 Å². The Bertz CT molecular complexity index is 1090. The Balaban J connectivity index is 1.83. The van der Waals surface area contributed by atoms with Gasteiger partial charge in [-0.3, -0.25) is 14.4 Å². The molecule has 39 heavy (non-hydrogen) atoms. The van der Waals surface area contributed by atoms with E-state index in [1.54, 1.807) is 28.8 Å². The minimum Gasteiger partial charge on any atom is -0.465 e. The van der Waals surface area contributed by atoms with Gasteiger partial charge >= 0.3 is 5.97 Å². The first kappa shape index (κ1) is 29.9. The summed E-state index contributed by atoms with van der Waals surface area (Å²) in [5.74, 6) is -2.22. The van der Waals surface area contributed by atoms with Crippen LogP contribution in [0.4, 0.5) is 0 Å². The number of esters is 1. The summed E-state index contributed by atoms with van der Waals surface area (Å²) in [4.78, 5) is 45.9. The van der Waals surface area contributed by atoms with Crippen LogP contribution < -0.4 is 0 Å². The van der Waals surface area contributed by atoms with Gasteiger partial charge in [0.1, 0.15) is 6.04 Å². The third kappa shape index (κ3) is 5.22. The highest BCUT2D eigenvalue weighted by molar-refractivity contribution is 9.09. The molecule has 3 heterocycles. The Labute approximate surface area is 244 Å².